The smallest absolute Gasteiger partial charge is 0.295 e. The predicted octanol–water partition coefficient (Wildman–Crippen LogP) is 1.44. The average molecular weight is 297 g/mol. The number of nitrogens with one attached hydrogen (secondary N) is 2. The summed E-state index contributed by atoms with van der Waals surface area (Å²) in [4.78, 5) is 21.8. The Morgan fingerprint density at radius 2 is 2.19 bits per heavy atom. The molecule has 1 fully saturated rings. The number of carbonyl (C=O) groups excluding carboxylic acids is 1. The Labute approximate surface area is 120 Å². The van der Waals surface area contributed by atoms with Crippen molar-refractivity contribution in [2.45, 2.75) is 18.9 Å². The molecule has 21 heavy (non-hydrogen) atoms. The second-order valence-electron chi connectivity index (χ2n) is 4.73. The lowest BCUT2D eigenvalue weighted by atomic mass is 10.1. The van der Waals surface area contributed by atoms with E-state index in [9.17, 15) is 19.3 Å². The molecule has 0 unspecified atom stereocenters. The molecule has 0 aromatic heterocycles. The summed E-state index contributed by atoms with van der Waals surface area (Å²) in [6, 6.07) is 2.98. The van der Waals surface area contributed by atoms with E-state index in [1.807, 2.05) is 0 Å². The van der Waals surface area contributed by atoms with Gasteiger partial charge in [0.2, 0.25) is 0 Å². The maximum atomic E-state index is 13.0. The van der Waals surface area contributed by atoms with E-state index >= 15 is 0 Å². The summed E-state index contributed by atoms with van der Waals surface area (Å²) in [6.07, 6.45) is 1.66. The molecule has 0 saturated carbocycles. The van der Waals surface area contributed by atoms with Gasteiger partial charge in [0, 0.05) is 0 Å². The Hall–Kier alpha value is -2.06. The van der Waals surface area contributed by atoms with Gasteiger partial charge in [-0.05, 0) is 38.1 Å². The number of hydrogen-bond acceptors (Lipinski definition) is 5. The fourth-order valence-electron chi connectivity index (χ4n) is 2.10. The van der Waals surface area contributed by atoms with Crippen molar-refractivity contribution >= 4 is 17.3 Å². The number of piperidine rings is 1. The van der Waals surface area contributed by atoms with Crippen LogP contribution in [-0.2, 0) is 9.53 Å². The van der Waals surface area contributed by atoms with Crippen LogP contribution in [0.1, 0.15) is 12.8 Å². The second-order valence-corrected chi connectivity index (χ2v) is 4.73. The molecular weight excluding hydrogens is 281 g/mol. The molecule has 0 bridgehead atoms. The molecule has 1 heterocycles. The summed E-state index contributed by atoms with van der Waals surface area (Å²) in [6.45, 7) is 1.50. The SMILES string of the molecule is O=C(COC1CCNCC1)Nc1ccc(F)cc1[N+](=O)[O-]. The molecule has 8 heteroatoms. The molecule has 0 radical (unpaired) electrons. The number of benzene rings is 1. The predicted molar refractivity (Wildman–Crippen MR) is 73.5 cm³/mol. The Bertz CT molecular complexity index is 532. The first kappa shape index (κ1) is 15.3. The number of carbonyl (C=O) groups is 1. The van der Waals surface area contributed by atoms with Crippen molar-refractivity contribution in [3.8, 4) is 0 Å². The maximum absolute atomic E-state index is 13.0. The monoisotopic (exact) mass is 297 g/mol. The third kappa shape index (κ3) is 4.47. The number of ether oxygens (including phenoxy) is 1. The van der Waals surface area contributed by atoms with Crippen LogP contribution in [0.4, 0.5) is 15.8 Å². The van der Waals surface area contributed by atoms with Crippen molar-refractivity contribution in [3.63, 3.8) is 0 Å². The molecule has 1 aromatic rings. The summed E-state index contributed by atoms with van der Waals surface area (Å²) in [7, 11) is 0. The van der Waals surface area contributed by atoms with Gasteiger partial charge in [-0.25, -0.2) is 4.39 Å². The number of nitro benzene ring substituents is 1. The lowest BCUT2D eigenvalue weighted by Gasteiger charge is -2.22. The molecule has 7 nitrogen and oxygen atoms in total. The van der Waals surface area contributed by atoms with Gasteiger partial charge in [0.25, 0.3) is 11.6 Å². The number of rotatable bonds is 5. The van der Waals surface area contributed by atoms with Gasteiger partial charge in [-0.3, -0.25) is 14.9 Å². The van der Waals surface area contributed by atoms with E-state index in [2.05, 4.69) is 10.6 Å². The first-order valence-corrected chi connectivity index (χ1v) is 6.62. The van der Waals surface area contributed by atoms with Gasteiger partial charge in [0.15, 0.2) is 0 Å². The molecular formula is C13H16FN3O4. The topological polar surface area (TPSA) is 93.5 Å². The normalized spacial score (nSPS) is 15.7. The molecule has 2 rings (SSSR count). The number of nitrogens with zero attached hydrogens (tertiary/aromatic N) is 1. The van der Waals surface area contributed by atoms with Gasteiger partial charge in [-0.15, -0.1) is 0 Å². The van der Waals surface area contributed by atoms with E-state index in [-0.39, 0.29) is 18.4 Å². The van der Waals surface area contributed by atoms with Gasteiger partial charge in [0.1, 0.15) is 18.1 Å². The minimum absolute atomic E-state index is 0.0141. The Morgan fingerprint density at radius 1 is 1.48 bits per heavy atom. The number of anilines is 1. The first-order chi connectivity index (χ1) is 10.1. The van der Waals surface area contributed by atoms with E-state index in [0.717, 1.165) is 44.1 Å². The number of halogens is 1. The third-order valence-corrected chi connectivity index (χ3v) is 3.17. The zero-order chi connectivity index (χ0) is 15.2. The highest BCUT2D eigenvalue weighted by Gasteiger charge is 2.19. The van der Waals surface area contributed by atoms with Crippen molar-refractivity contribution in [2.75, 3.05) is 25.0 Å². The van der Waals surface area contributed by atoms with E-state index in [1.54, 1.807) is 0 Å². The molecule has 1 saturated heterocycles. The molecule has 114 valence electrons. The fourth-order valence-corrected chi connectivity index (χ4v) is 2.10. The van der Waals surface area contributed by atoms with Gasteiger partial charge in [-0.1, -0.05) is 0 Å². The summed E-state index contributed by atoms with van der Waals surface area (Å²) < 4.78 is 18.4. The van der Waals surface area contributed by atoms with Crippen LogP contribution in [0.3, 0.4) is 0 Å². The van der Waals surface area contributed by atoms with Crippen LogP contribution in [-0.4, -0.2) is 36.6 Å². The van der Waals surface area contributed by atoms with Crippen molar-refractivity contribution in [1.29, 1.82) is 0 Å². The molecule has 1 aliphatic heterocycles. The minimum atomic E-state index is -0.744. The standard InChI is InChI=1S/C13H16FN3O4/c14-9-1-2-11(12(7-9)17(19)20)16-13(18)8-21-10-3-5-15-6-4-10/h1-2,7,10,15H,3-6,8H2,(H,16,18). The van der Waals surface area contributed by atoms with E-state index < -0.39 is 22.3 Å². The van der Waals surface area contributed by atoms with Gasteiger partial charge < -0.3 is 15.4 Å². The van der Waals surface area contributed by atoms with E-state index in [4.69, 9.17) is 4.74 Å². The van der Waals surface area contributed by atoms with Gasteiger partial charge in [0.05, 0.1) is 17.1 Å². The maximum Gasteiger partial charge on any atom is 0.295 e. The lowest BCUT2D eigenvalue weighted by molar-refractivity contribution is -0.384. The zero-order valence-electron chi connectivity index (χ0n) is 11.3. The Kier molecular flexibility index (Phi) is 5.18. The largest absolute Gasteiger partial charge is 0.368 e. The molecule has 0 atom stereocenters. The Morgan fingerprint density at radius 3 is 2.86 bits per heavy atom. The summed E-state index contributed by atoms with van der Waals surface area (Å²) >= 11 is 0. The van der Waals surface area contributed by atoms with E-state index in [0.29, 0.717) is 0 Å². The van der Waals surface area contributed by atoms with Crippen LogP contribution in [0.25, 0.3) is 0 Å². The van der Waals surface area contributed by atoms with Crippen LogP contribution in [0, 0.1) is 15.9 Å². The highest BCUT2D eigenvalue weighted by molar-refractivity contribution is 5.93. The van der Waals surface area contributed by atoms with Crippen LogP contribution in [0.5, 0.6) is 0 Å². The summed E-state index contributed by atoms with van der Waals surface area (Å²) in [5, 5.41) is 16.4. The molecule has 2 N–H and O–H groups in total. The molecule has 1 aliphatic rings. The van der Waals surface area contributed by atoms with Crippen molar-refractivity contribution in [2.24, 2.45) is 0 Å². The summed E-state index contributed by atoms with van der Waals surface area (Å²) in [5.41, 5.74) is -0.523. The van der Waals surface area contributed by atoms with Crippen LogP contribution >= 0.6 is 0 Å². The fraction of sp³-hybridized carbons (Fsp3) is 0.462. The molecule has 0 aliphatic carbocycles. The quantitative estimate of drug-likeness (QED) is 0.633. The highest BCUT2D eigenvalue weighted by atomic mass is 19.1. The van der Waals surface area contributed by atoms with Crippen molar-refractivity contribution in [3.05, 3.63) is 34.1 Å². The average Bonchev–Trinajstić information content (AvgIpc) is 2.48. The van der Waals surface area contributed by atoms with Crippen LogP contribution in [0.15, 0.2) is 18.2 Å². The number of amides is 1. The number of hydrogen-bond donors (Lipinski definition) is 2. The number of nitro groups is 1. The third-order valence-electron chi connectivity index (χ3n) is 3.17. The Balaban J connectivity index is 1.91. The van der Waals surface area contributed by atoms with Crippen LogP contribution in [0.2, 0.25) is 0 Å². The van der Waals surface area contributed by atoms with Crippen molar-refractivity contribution < 1.29 is 18.8 Å². The second kappa shape index (κ2) is 7.09. The molecule has 1 amide bonds. The van der Waals surface area contributed by atoms with E-state index in [1.165, 1.54) is 0 Å². The lowest BCUT2D eigenvalue weighted by Crippen LogP contribution is -2.34. The molecule has 1 aromatic carbocycles. The molecule has 0 spiro atoms. The van der Waals surface area contributed by atoms with Crippen molar-refractivity contribution in [1.82, 2.24) is 5.32 Å². The van der Waals surface area contributed by atoms with Gasteiger partial charge in [-0.2, -0.15) is 0 Å². The van der Waals surface area contributed by atoms with Gasteiger partial charge >= 0.3 is 0 Å². The minimum Gasteiger partial charge on any atom is -0.368 e. The highest BCUT2D eigenvalue weighted by Crippen LogP contribution is 2.24. The van der Waals surface area contributed by atoms with Crippen LogP contribution < -0.4 is 10.6 Å². The summed E-state index contributed by atoms with van der Waals surface area (Å²) in [5.74, 6) is -1.23. The zero-order valence-corrected chi connectivity index (χ0v) is 11.3. The first-order valence-electron chi connectivity index (χ1n) is 6.62.